The van der Waals surface area contributed by atoms with Gasteiger partial charge in [0.25, 0.3) is 0 Å². The zero-order valence-electron chi connectivity index (χ0n) is 13.7. The molecule has 8 heteroatoms. The van der Waals surface area contributed by atoms with Gasteiger partial charge >= 0.3 is 0 Å². The van der Waals surface area contributed by atoms with Gasteiger partial charge in [0.05, 0.1) is 4.88 Å². The summed E-state index contributed by atoms with van der Waals surface area (Å²) in [5, 5.41) is 11.9. The average molecular weight is 391 g/mol. The SMILES string of the molecule is Cc1ccc(SCCNC(=O)Cn2c(-c3cccs3)n[nH]c2=S)cc1. The van der Waals surface area contributed by atoms with Crippen molar-refractivity contribution in [3.63, 3.8) is 0 Å². The number of nitrogens with zero attached hydrogens (tertiary/aromatic N) is 2. The van der Waals surface area contributed by atoms with Crippen LogP contribution in [0.1, 0.15) is 5.56 Å². The highest BCUT2D eigenvalue weighted by atomic mass is 32.2. The van der Waals surface area contributed by atoms with E-state index in [1.165, 1.54) is 10.5 Å². The third-order valence-corrected chi connectivity index (χ3v) is 5.71. The van der Waals surface area contributed by atoms with Gasteiger partial charge in [0.15, 0.2) is 10.6 Å². The molecule has 3 aromatic rings. The summed E-state index contributed by atoms with van der Waals surface area (Å²) < 4.78 is 2.18. The molecule has 0 fully saturated rings. The van der Waals surface area contributed by atoms with Crippen LogP contribution in [0, 0.1) is 11.7 Å². The lowest BCUT2D eigenvalue weighted by Gasteiger charge is -2.07. The highest BCUT2D eigenvalue weighted by molar-refractivity contribution is 7.99. The molecule has 2 aromatic heterocycles. The maximum Gasteiger partial charge on any atom is 0.240 e. The monoisotopic (exact) mass is 390 g/mol. The Morgan fingerprint density at radius 1 is 1.36 bits per heavy atom. The smallest absolute Gasteiger partial charge is 0.240 e. The van der Waals surface area contributed by atoms with E-state index in [1.807, 2.05) is 17.5 Å². The molecule has 0 spiro atoms. The number of aromatic amines is 1. The number of amides is 1. The van der Waals surface area contributed by atoms with Crippen molar-refractivity contribution in [3.05, 3.63) is 52.1 Å². The molecule has 0 radical (unpaired) electrons. The number of hydrogen-bond donors (Lipinski definition) is 2. The number of aryl methyl sites for hydroxylation is 1. The van der Waals surface area contributed by atoms with Crippen molar-refractivity contribution in [2.24, 2.45) is 0 Å². The average Bonchev–Trinajstić information content (AvgIpc) is 3.24. The fraction of sp³-hybridized carbons (Fsp3) is 0.235. The number of rotatable bonds is 7. The zero-order chi connectivity index (χ0) is 17.6. The van der Waals surface area contributed by atoms with Crippen LogP contribution in [0.3, 0.4) is 0 Å². The van der Waals surface area contributed by atoms with E-state index in [9.17, 15) is 4.79 Å². The number of H-pyrrole nitrogens is 1. The van der Waals surface area contributed by atoms with E-state index in [0.29, 0.717) is 17.1 Å². The molecule has 25 heavy (non-hydrogen) atoms. The normalized spacial score (nSPS) is 10.8. The van der Waals surface area contributed by atoms with Crippen molar-refractivity contribution in [1.29, 1.82) is 0 Å². The van der Waals surface area contributed by atoms with Crippen molar-refractivity contribution in [2.45, 2.75) is 18.4 Å². The molecule has 2 heterocycles. The van der Waals surface area contributed by atoms with E-state index in [4.69, 9.17) is 12.2 Å². The lowest BCUT2D eigenvalue weighted by Crippen LogP contribution is -2.29. The summed E-state index contributed by atoms with van der Waals surface area (Å²) in [7, 11) is 0. The van der Waals surface area contributed by atoms with Crippen LogP contribution in [0.4, 0.5) is 0 Å². The Morgan fingerprint density at radius 3 is 2.88 bits per heavy atom. The van der Waals surface area contributed by atoms with Crippen LogP contribution in [0.25, 0.3) is 10.7 Å². The molecule has 0 aliphatic rings. The van der Waals surface area contributed by atoms with Gasteiger partial charge in [-0.25, -0.2) is 0 Å². The first-order chi connectivity index (χ1) is 12.1. The van der Waals surface area contributed by atoms with E-state index in [2.05, 4.69) is 46.7 Å². The minimum atomic E-state index is -0.0696. The summed E-state index contributed by atoms with van der Waals surface area (Å²) in [6, 6.07) is 12.3. The Balaban J connectivity index is 1.51. The summed E-state index contributed by atoms with van der Waals surface area (Å²) in [5.41, 5.74) is 1.25. The predicted molar refractivity (Wildman–Crippen MR) is 106 cm³/mol. The summed E-state index contributed by atoms with van der Waals surface area (Å²) >= 11 is 8.53. The lowest BCUT2D eigenvalue weighted by atomic mass is 10.2. The standard InChI is InChI=1S/C17H18N4OS3/c1-12-4-6-13(7-5-12)24-10-8-18-15(22)11-21-16(19-20-17(21)23)14-3-2-9-25-14/h2-7,9H,8,10-11H2,1H3,(H,18,22)(H,20,23). The van der Waals surface area contributed by atoms with Gasteiger partial charge in [-0.15, -0.1) is 23.1 Å². The molecule has 1 amide bonds. The Hall–Kier alpha value is -1.90. The molecule has 0 saturated carbocycles. The molecular formula is C17H18N4OS3. The predicted octanol–water partition coefficient (Wildman–Crippen LogP) is 3.89. The molecule has 2 N–H and O–H groups in total. The van der Waals surface area contributed by atoms with Crippen molar-refractivity contribution < 1.29 is 4.79 Å². The minimum absolute atomic E-state index is 0.0696. The number of nitrogens with one attached hydrogen (secondary N) is 2. The zero-order valence-corrected chi connectivity index (χ0v) is 16.1. The number of aromatic nitrogens is 3. The topological polar surface area (TPSA) is 62.7 Å². The van der Waals surface area contributed by atoms with Crippen LogP contribution in [-0.4, -0.2) is 33.0 Å². The fourth-order valence-electron chi connectivity index (χ4n) is 2.25. The summed E-state index contributed by atoms with van der Waals surface area (Å²) in [4.78, 5) is 14.4. The maximum absolute atomic E-state index is 12.2. The summed E-state index contributed by atoms with van der Waals surface area (Å²) in [6.07, 6.45) is 0. The van der Waals surface area contributed by atoms with Gasteiger partial charge in [-0.2, -0.15) is 5.10 Å². The first-order valence-electron chi connectivity index (χ1n) is 7.79. The number of hydrogen-bond acceptors (Lipinski definition) is 5. The van der Waals surface area contributed by atoms with E-state index < -0.39 is 0 Å². The van der Waals surface area contributed by atoms with E-state index in [1.54, 1.807) is 27.7 Å². The van der Waals surface area contributed by atoms with Crippen molar-refractivity contribution in [2.75, 3.05) is 12.3 Å². The molecule has 0 bridgehead atoms. The van der Waals surface area contributed by atoms with Crippen LogP contribution in [0.5, 0.6) is 0 Å². The van der Waals surface area contributed by atoms with Gasteiger partial charge in [0.1, 0.15) is 6.54 Å². The van der Waals surface area contributed by atoms with Crippen molar-refractivity contribution in [3.8, 4) is 10.7 Å². The molecule has 1 aromatic carbocycles. The number of carbonyl (C=O) groups excluding carboxylic acids is 1. The molecule has 0 aliphatic carbocycles. The van der Waals surface area contributed by atoms with E-state index >= 15 is 0 Å². The van der Waals surface area contributed by atoms with E-state index in [-0.39, 0.29) is 12.5 Å². The highest BCUT2D eigenvalue weighted by Gasteiger charge is 2.12. The lowest BCUT2D eigenvalue weighted by molar-refractivity contribution is -0.121. The van der Waals surface area contributed by atoms with Crippen molar-refractivity contribution in [1.82, 2.24) is 20.1 Å². The second kappa shape index (κ2) is 8.46. The van der Waals surface area contributed by atoms with Crippen LogP contribution in [0.2, 0.25) is 0 Å². The van der Waals surface area contributed by atoms with Gasteiger partial charge < -0.3 is 5.32 Å². The first kappa shape index (κ1) is 17.9. The Kier molecular flexibility index (Phi) is 6.06. The molecule has 3 rings (SSSR count). The second-order valence-corrected chi connectivity index (χ2v) is 7.93. The summed E-state index contributed by atoms with van der Waals surface area (Å²) in [5.74, 6) is 1.45. The first-order valence-corrected chi connectivity index (χ1v) is 10.1. The van der Waals surface area contributed by atoms with Crippen LogP contribution < -0.4 is 5.32 Å². The second-order valence-electron chi connectivity index (χ2n) is 5.43. The molecule has 0 aliphatic heterocycles. The summed E-state index contributed by atoms with van der Waals surface area (Å²) in [6.45, 7) is 2.84. The third-order valence-electron chi connectivity index (χ3n) is 3.52. The van der Waals surface area contributed by atoms with Gasteiger partial charge in [0.2, 0.25) is 5.91 Å². The Morgan fingerprint density at radius 2 is 2.16 bits per heavy atom. The van der Waals surface area contributed by atoms with Gasteiger partial charge in [-0.1, -0.05) is 23.8 Å². The number of carbonyl (C=O) groups is 1. The molecule has 0 unspecified atom stereocenters. The maximum atomic E-state index is 12.2. The van der Waals surface area contributed by atoms with Crippen LogP contribution >= 0.6 is 35.3 Å². The van der Waals surface area contributed by atoms with Gasteiger partial charge in [-0.05, 0) is 42.7 Å². The molecular weight excluding hydrogens is 372 g/mol. The van der Waals surface area contributed by atoms with Crippen LogP contribution in [-0.2, 0) is 11.3 Å². The molecule has 5 nitrogen and oxygen atoms in total. The Labute approximate surface area is 159 Å². The minimum Gasteiger partial charge on any atom is -0.354 e. The van der Waals surface area contributed by atoms with Gasteiger partial charge in [0, 0.05) is 17.2 Å². The molecule has 0 atom stereocenters. The highest BCUT2D eigenvalue weighted by Crippen LogP contribution is 2.22. The van der Waals surface area contributed by atoms with Crippen LogP contribution in [0.15, 0.2) is 46.7 Å². The molecule has 130 valence electrons. The third kappa shape index (κ3) is 4.81. The largest absolute Gasteiger partial charge is 0.354 e. The fourth-order valence-corrected chi connectivity index (χ4v) is 3.94. The number of thiophene rings is 1. The number of benzene rings is 1. The number of thioether (sulfide) groups is 1. The quantitative estimate of drug-likeness (QED) is 0.365. The van der Waals surface area contributed by atoms with Crippen molar-refractivity contribution >= 4 is 41.2 Å². The van der Waals surface area contributed by atoms with E-state index in [0.717, 1.165) is 10.6 Å². The Bertz CT molecular complexity index is 882. The molecule has 0 saturated heterocycles. The van der Waals surface area contributed by atoms with Gasteiger partial charge in [-0.3, -0.25) is 14.5 Å².